The number of hydrogen-bond acceptors (Lipinski definition) is 3. The number of hydrogen-bond donors (Lipinski definition) is 1. The Kier molecular flexibility index (Phi) is 4.29. The lowest BCUT2D eigenvalue weighted by atomic mass is 10.2. The maximum Gasteiger partial charge on any atom is 0.339 e. The summed E-state index contributed by atoms with van der Waals surface area (Å²) in [4.78, 5) is 15.1. The first-order valence-corrected chi connectivity index (χ1v) is 6.54. The maximum absolute atomic E-state index is 11.1. The highest BCUT2D eigenvalue weighted by molar-refractivity contribution is 9.10. The molecule has 0 aliphatic carbocycles. The summed E-state index contributed by atoms with van der Waals surface area (Å²) in [5.74, 6) is -0.804. The molecule has 0 bridgehead atoms. The van der Waals surface area contributed by atoms with Gasteiger partial charge in [-0.3, -0.25) is 0 Å². The van der Waals surface area contributed by atoms with Crippen LogP contribution in [-0.4, -0.2) is 16.1 Å². The van der Waals surface area contributed by atoms with E-state index in [-0.39, 0.29) is 17.2 Å². The second-order valence-corrected chi connectivity index (χ2v) is 5.22. The number of carbonyl (C=O) groups is 1. The largest absolute Gasteiger partial charge is 0.478 e. The number of pyridine rings is 1. The number of carboxylic acid groups (broad SMARTS) is 1. The van der Waals surface area contributed by atoms with Crippen molar-refractivity contribution >= 4 is 45.1 Å². The van der Waals surface area contributed by atoms with Gasteiger partial charge in [0.2, 0.25) is 5.88 Å². The van der Waals surface area contributed by atoms with Gasteiger partial charge in [0.05, 0.1) is 9.50 Å². The van der Waals surface area contributed by atoms with Crippen LogP contribution in [0.3, 0.4) is 0 Å². The van der Waals surface area contributed by atoms with Crippen LogP contribution in [0, 0.1) is 0 Å². The fourth-order valence-corrected chi connectivity index (χ4v) is 2.22. The van der Waals surface area contributed by atoms with E-state index in [4.69, 9.17) is 33.0 Å². The zero-order chi connectivity index (χ0) is 14.0. The Balaban J connectivity index is 2.42. The minimum Gasteiger partial charge on any atom is -0.478 e. The molecule has 0 amide bonds. The van der Waals surface area contributed by atoms with Crippen molar-refractivity contribution in [1.82, 2.24) is 4.98 Å². The van der Waals surface area contributed by atoms with Crippen LogP contribution in [-0.2, 0) is 0 Å². The van der Waals surface area contributed by atoms with Gasteiger partial charge in [0.15, 0.2) is 0 Å². The predicted molar refractivity (Wildman–Crippen MR) is 75.4 cm³/mol. The molecule has 0 saturated heterocycles. The molecule has 0 fully saturated rings. The summed E-state index contributed by atoms with van der Waals surface area (Å²) in [6.45, 7) is 0. The Morgan fingerprint density at radius 2 is 2.00 bits per heavy atom. The number of carboxylic acids is 1. The molecular weight excluding hydrogens is 357 g/mol. The van der Waals surface area contributed by atoms with Crippen molar-refractivity contribution in [3.05, 3.63) is 50.5 Å². The molecule has 0 spiro atoms. The van der Waals surface area contributed by atoms with Crippen molar-refractivity contribution in [2.24, 2.45) is 0 Å². The van der Waals surface area contributed by atoms with Gasteiger partial charge in [-0.2, -0.15) is 0 Å². The predicted octanol–water partition coefficient (Wildman–Crippen LogP) is 4.64. The Hall–Kier alpha value is -1.30. The van der Waals surface area contributed by atoms with Crippen molar-refractivity contribution in [2.45, 2.75) is 0 Å². The van der Waals surface area contributed by atoms with Gasteiger partial charge in [-0.15, -0.1) is 0 Å². The van der Waals surface area contributed by atoms with Gasteiger partial charge in [0.1, 0.15) is 11.3 Å². The van der Waals surface area contributed by atoms with Crippen LogP contribution in [0.2, 0.25) is 10.0 Å². The van der Waals surface area contributed by atoms with Gasteiger partial charge in [-0.1, -0.05) is 23.2 Å². The third-order valence-electron chi connectivity index (χ3n) is 2.15. The average Bonchev–Trinajstić information content (AvgIpc) is 2.32. The normalized spacial score (nSPS) is 10.3. The lowest BCUT2D eigenvalue weighted by Gasteiger charge is -2.09. The van der Waals surface area contributed by atoms with Crippen molar-refractivity contribution in [2.75, 3.05) is 0 Å². The van der Waals surface area contributed by atoms with E-state index in [1.807, 2.05) is 0 Å². The van der Waals surface area contributed by atoms with E-state index in [9.17, 15) is 4.79 Å². The Bertz CT molecular complexity index is 649. The van der Waals surface area contributed by atoms with Crippen molar-refractivity contribution in [3.63, 3.8) is 0 Å². The number of halogens is 3. The third kappa shape index (κ3) is 3.37. The summed E-state index contributed by atoms with van der Waals surface area (Å²) in [6.07, 6.45) is 1.40. The monoisotopic (exact) mass is 361 g/mol. The molecule has 0 aliphatic rings. The molecule has 0 radical (unpaired) electrons. The Morgan fingerprint density at radius 1 is 1.26 bits per heavy atom. The van der Waals surface area contributed by atoms with Crippen molar-refractivity contribution in [3.8, 4) is 11.6 Å². The Labute approximate surface area is 127 Å². The highest BCUT2D eigenvalue weighted by Gasteiger charge is 2.14. The zero-order valence-corrected chi connectivity index (χ0v) is 12.3. The first-order valence-electron chi connectivity index (χ1n) is 4.99. The molecular formula is C12H6BrCl2NO3. The summed E-state index contributed by atoms with van der Waals surface area (Å²) >= 11 is 14.8. The molecule has 1 heterocycles. The SMILES string of the molecule is O=C(O)c1ccc(Cl)cc1Oc1ncc(Cl)cc1Br. The van der Waals surface area contributed by atoms with Gasteiger partial charge in [-0.25, -0.2) is 9.78 Å². The summed E-state index contributed by atoms with van der Waals surface area (Å²) in [7, 11) is 0. The number of aromatic nitrogens is 1. The van der Waals surface area contributed by atoms with Gasteiger partial charge < -0.3 is 9.84 Å². The smallest absolute Gasteiger partial charge is 0.339 e. The van der Waals surface area contributed by atoms with Gasteiger partial charge in [0, 0.05) is 17.3 Å². The number of ether oxygens (including phenoxy) is 1. The molecule has 0 saturated carbocycles. The average molecular weight is 363 g/mol. The van der Waals surface area contributed by atoms with E-state index in [2.05, 4.69) is 20.9 Å². The molecule has 19 heavy (non-hydrogen) atoms. The van der Waals surface area contributed by atoms with Gasteiger partial charge in [0.25, 0.3) is 0 Å². The second-order valence-electron chi connectivity index (χ2n) is 3.49. The van der Waals surface area contributed by atoms with E-state index in [1.54, 1.807) is 6.07 Å². The third-order valence-corrected chi connectivity index (χ3v) is 3.16. The number of nitrogens with zero attached hydrogens (tertiary/aromatic N) is 1. The first kappa shape index (κ1) is 14.1. The second kappa shape index (κ2) is 5.77. The van der Waals surface area contributed by atoms with E-state index in [1.165, 1.54) is 24.4 Å². The van der Waals surface area contributed by atoms with Crippen molar-refractivity contribution < 1.29 is 14.6 Å². The topological polar surface area (TPSA) is 59.4 Å². The minimum absolute atomic E-state index is 0.00644. The molecule has 1 aromatic carbocycles. The van der Waals surface area contributed by atoms with Gasteiger partial charge >= 0.3 is 5.97 Å². The lowest BCUT2D eigenvalue weighted by molar-refractivity contribution is 0.0694. The van der Waals surface area contributed by atoms with Gasteiger partial charge in [-0.05, 0) is 34.1 Å². The standard InChI is InChI=1S/C12H6BrCl2NO3/c13-9-3-7(15)5-16-11(9)19-10-4-6(14)1-2-8(10)12(17)18/h1-5H,(H,17,18). The van der Waals surface area contributed by atoms with Crippen LogP contribution >= 0.6 is 39.1 Å². The van der Waals surface area contributed by atoms with Crippen LogP contribution in [0.25, 0.3) is 0 Å². The zero-order valence-electron chi connectivity index (χ0n) is 9.23. The molecule has 98 valence electrons. The molecule has 1 aromatic heterocycles. The number of rotatable bonds is 3. The van der Waals surface area contributed by atoms with Crippen molar-refractivity contribution in [1.29, 1.82) is 0 Å². The minimum atomic E-state index is -1.11. The molecule has 4 nitrogen and oxygen atoms in total. The summed E-state index contributed by atoms with van der Waals surface area (Å²) < 4.78 is 5.97. The first-order chi connectivity index (χ1) is 8.97. The van der Waals surface area contributed by atoms with Crippen LogP contribution in [0.5, 0.6) is 11.6 Å². The van der Waals surface area contributed by atoms with Crippen LogP contribution in [0.15, 0.2) is 34.9 Å². The number of benzene rings is 1. The molecule has 0 unspecified atom stereocenters. The van der Waals surface area contributed by atoms with Crippen LogP contribution in [0.4, 0.5) is 0 Å². The molecule has 0 aliphatic heterocycles. The summed E-state index contributed by atoms with van der Waals surface area (Å²) in [5, 5.41) is 9.87. The van der Waals surface area contributed by atoms with Crippen LogP contribution < -0.4 is 4.74 Å². The Morgan fingerprint density at radius 3 is 2.63 bits per heavy atom. The van der Waals surface area contributed by atoms with E-state index in [0.29, 0.717) is 14.5 Å². The van der Waals surface area contributed by atoms with Crippen LogP contribution in [0.1, 0.15) is 10.4 Å². The molecule has 0 atom stereocenters. The quantitative estimate of drug-likeness (QED) is 0.863. The van der Waals surface area contributed by atoms with E-state index >= 15 is 0 Å². The van der Waals surface area contributed by atoms with E-state index in [0.717, 1.165) is 0 Å². The number of aromatic carboxylic acids is 1. The fraction of sp³-hybridized carbons (Fsp3) is 0. The summed E-state index contributed by atoms with van der Waals surface area (Å²) in [6, 6.07) is 5.84. The molecule has 2 aromatic rings. The maximum atomic E-state index is 11.1. The molecule has 2 rings (SSSR count). The summed E-state index contributed by atoms with van der Waals surface area (Å²) in [5.41, 5.74) is -0.00644. The highest BCUT2D eigenvalue weighted by atomic mass is 79.9. The lowest BCUT2D eigenvalue weighted by Crippen LogP contribution is -2.00. The molecule has 7 heteroatoms. The molecule has 1 N–H and O–H groups in total. The van der Waals surface area contributed by atoms with E-state index < -0.39 is 5.97 Å². The highest BCUT2D eigenvalue weighted by Crippen LogP contribution is 2.32. The fourth-order valence-electron chi connectivity index (χ4n) is 1.34.